The number of hydrogen-bond donors (Lipinski definition) is 1. The highest BCUT2D eigenvalue weighted by atomic mass is 16.3. The molecule has 0 aliphatic carbocycles. The van der Waals surface area contributed by atoms with Gasteiger partial charge in [0.1, 0.15) is 5.82 Å². The largest absolute Gasteiger partial charge is 0.396 e. The lowest BCUT2D eigenvalue weighted by Crippen LogP contribution is -2.44. The Labute approximate surface area is 136 Å². The van der Waals surface area contributed by atoms with E-state index in [0.29, 0.717) is 18.7 Å². The zero-order valence-electron chi connectivity index (χ0n) is 13.5. The summed E-state index contributed by atoms with van der Waals surface area (Å²) in [6, 6.07) is 7.57. The normalized spacial score (nSPS) is 17.2. The number of amides is 1. The zero-order chi connectivity index (χ0) is 16.3. The molecule has 23 heavy (non-hydrogen) atoms. The molecule has 1 aliphatic heterocycles. The average molecular weight is 313 g/mol. The third kappa shape index (κ3) is 3.15. The summed E-state index contributed by atoms with van der Waals surface area (Å²) < 4.78 is 1.91. The SMILES string of the molecule is CCC1(CO)CCN(C(=O)c2ccc(-n3cccc3)nc2)CC1. The molecule has 0 bridgehead atoms. The van der Waals surface area contributed by atoms with Gasteiger partial charge in [-0.1, -0.05) is 6.92 Å². The Balaban J connectivity index is 1.67. The Morgan fingerprint density at radius 2 is 1.96 bits per heavy atom. The quantitative estimate of drug-likeness (QED) is 0.943. The molecule has 5 nitrogen and oxygen atoms in total. The second kappa shape index (κ2) is 6.54. The summed E-state index contributed by atoms with van der Waals surface area (Å²) in [5.41, 5.74) is 0.613. The number of piperidine rings is 1. The van der Waals surface area contributed by atoms with Gasteiger partial charge >= 0.3 is 0 Å². The number of likely N-dealkylation sites (tertiary alicyclic amines) is 1. The Morgan fingerprint density at radius 1 is 1.26 bits per heavy atom. The molecule has 2 aromatic rings. The number of rotatable bonds is 4. The van der Waals surface area contributed by atoms with E-state index in [4.69, 9.17) is 0 Å². The Hall–Kier alpha value is -2.14. The van der Waals surface area contributed by atoms with Crippen LogP contribution in [0.5, 0.6) is 0 Å². The molecule has 0 unspecified atom stereocenters. The van der Waals surface area contributed by atoms with Crippen molar-refractivity contribution in [2.24, 2.45) is 5.41 Å². The molecule has 1 N–H and O–H groups in total. The molecule has 1 saturated heterocycles. The third-order valence-electron chi connectivity index (χ3n) is 5.06. The van der Waals surface area contributed by atoms with E-state index in [1.54, 1.807) is 6.20 Å². The first kappa shape index (κ1) is 15.7. The number of carbonyl (C=O) groups is 1. The molecule has 3 rings (SSSR count). The second-order valence-electron chi connectivity index (χ2n) is 6.30. The minimum Gasteiger partial charge on any atom is -0.396 e. The predicted molar refractivity (Wildman–Crippen MR) is 88.5 cm³/mol. The number of aliphatic hydroxyl groups is 1. The molecule has 1 amide bonds. The van der Waals surface area contributed by atoms with E-state index in [9.17, 15) is 9.90 Å². The maximum Gasteiger partial charge on any atom is 0.255 e. The van der Waals surface area contributed by atoms with Gasteiger partial charge in [0.2, 0.25) is 0 Å². The lowest BCUT2D eigenvalue weighted by atomic mass is 9.77. The smallest absolute Gasteiger partial charge is 0.255 e. The van der Waals surface area contributed by atoms with Crippen molar-refractivity contribution < 1.29 is 9.90 Å². The van der Waals surface area contributed by atoms with Crippen LogP contribution in [0.3, 0.4) is 0 Å². The van der Waals surface area contributed by atoms with Gasteiger partial charge in [0.05, 0.1) is 5.56 Å². The van der Waals surface area contributed by atoms with Crippen LogP contribution in [0.15, 0.2) is 42.9 Å². The average Bonchev–Trinajstić information content (AvgIpc) is 3.16. The van der Waals surface area contributed by atoms with Gasteiger partial charge in [-0.3, -0.25) is 4.79 Å². The highest BCUT2D eigenvalue weighted by Crippen LogP contribution is 2.34. The summed E-state index contributed by atoms with van der Waals surface area (Å²) in [6.45, 7) is 3.72. The van der Waals surface area contributed by atoms with Gasteiger partial charge in [0.15, 0.2) is 0 Å². The second-order valence-corrected chi connectivity index (χ2v) is 6.30. The highest BCUT2D eigenvalue weighted by Gasteiger charge is 2.34. The van der Waals surface area contributed by atoms with Crippen LogP contribution in [0.25, 0.3) is 5.82 Å². The van der Waals surface area contributed by atoms with Crippen LogP contribution in [-0.2, 0) is 0 Å². The van der Waals surface area contributed by atoms with Crippen molar-refractivity contribution in [1.82, 2.24) is 14.5 Å². The number of nitrogens with zero attached hydrogens (tertiary/aromatic N) is 3. The molecule has 1 fully saturated rings. The molecule has 5 heteroatoms. The molecule has 2 aromatic heterocycles. The van der Waals surface area contributed by atoms with Crippen LogP contribution in [0.1, 0.15) is 36.5 Å². The molecular weight excluding hydrogens is 290 g/mol. The predicted octanol–water partition coefficient (Wildman–Crippen LogP) is 2.50. The monoisotopic (exact) mass is 313 g/mol. The number of pyridine rings is 1. The molecular formula is C18H23N3O2. The van der Waals surface area contributed by atoms with Gasteiger partial charge in [-0.2, -0.15) is 0 Å². The summed E-state index contributed by atoms with van der Waals surface area (Å²) in [6.07, 6.45) is 8.17. The fourth-order valence-electron chi connectivity index (χ4n) is 3.14. The minimum atomic E-state index is -0.00664. The zero-order valence-corrected chi connectivity index (χ0v) is 13.5. The van der Waals surface area contributed by atoms with Crippen LogP contribution in [0.2, 0.25) is 0 Å². The molecule has 0 radical (unpaired) electrons. The summed E-state index contributed by atoms with van der Waals surface area (Å²) in [5, 5.41) is 9.59. The van der Waals surface area contributed by atoms with Crippen LogP contribution < -0.4 is 0 Å². The Bertz CT molecular complexity index is 635. The van der Waals surface area contributed by atoms with Crippen molar-refractivity contribution in [2.45, 2.75) is 26.2 Å². The lowest BCUT2D eigenvalue weighted by Gasteiger charge is -2.40. The van der Waals surface area contributed by atoms with Crippen LogP contribution in [-0.4, -0.2) is 45.2 Å². The number of aromatic nitrogens is 2. The van der Waals surface area contributed by atoms with Crippen LogP contribution >= 0.6 is 0 Å². The standard InChI is InChI=1S/C18H23N3O2/c1-2-18(14-22)7-11-21(12-8-18)17(23)15-5-6-16(19-13-15)20-9-3-4-10-20/h3-6,9-10,13,22H,2,7-8,11-12,14H2,1H3. The van der Waals surface area contributed by atoms with E-state index < -0.39 is 0 Å². The summed E-state index contributed by atoms with van der Waals surface area (Å²) in [4.78, 5) is 18.8. The first-order valence-electron chi connectivity index (χ1n) is 8.17. The molecule has 0 saturated carbocycles. The van der Waals surface area contributed by atoms with Crippen LogP contribution in [0, 0.1) is 5.41 Å². The van der Waals surface area contributed by atoms with Gasteiger partial charge in [0, 0.05) is 38.3 Å². The maximum atomic E-state index is 12.6. The van der Waals surface area contributed by atoms with E-state index in [1.807, 2.05) is 46.1 Å². The van der Waals surface area contributed by atoms with Gasteiger partial charge in [0.25, 0.3) is 5.91 Å². The van der Waals surface area contributed by atoms with Crippen molar-refractivity contribution in [2.75, 3.05) is 19.7 Å². The third-order valence-corrected chi connectivity index (χ3v) is 5.06. The lowest BCUT2D eigenvalue weighted by molar-refractivity contribution is 0.0338. The molecule has 1 aliphatic rings. The van der Waals surface area contributed by atoms with Gasteiger partial charge in [-0.25, -0.2) is 4.98 Å². The van der Waals surface area contributed by atoms with E-state index >= 15 is 0 Å². The van der Waals surface area contributed by atoms with Crippen molar-refractivity contribution >= 4 is 5.91 Å². The van der Waals surface area contributed by atoms with E-state index in [2.05, 4.69) is 11.9 Å². The molecule has 0 atom stereocenters. The fraction of sp³-hybridized carbons (Fsp3) is 0.444. The van der Waals surface area contributed by atoms with Crippen molar-refractivity contribution in [1.29, 1.82) is 0 Å². The Kier molecular flexibility index (Phi) is 4.48. The summed E-state index contributed by atoms with van der Waals surface area (Å²) in [5.74, 6) is 0.828. The van der Waals surface area contributed by atoms with Gasteiger partial charge in [-0.05, 0) is 48.9 Å². The van der Waals surface area contributed by atoms with E-state index in [-0.39, 0.29) is 17.9 Å². The van der Waals surface area contributed by atoms with Crippen molar-refractivity contribution in [3.8, 4) is 5.82 Å². The summed E-state index contributed by atoms with van der Waals surface area (Å²) in [7, 11) is 0. The van der Waals surface area contributed by atoms with Crippen molar-refractivity contribution in [3.63, 3.8) is 0 Å². The molecule has 0 aromatic carbocycles. The number of carbonyl (C=O) groups excluding carboxylic acids is 1. The maximum absolute atomic E-state index is 12.6. The van der Waals surface area contributed by atoms with Crippen molar-refractivity contribution in [3.05, 3.63) is 48.4 Å². The molecule has 0 spiro atoms. The Morgan fingerprint density at radius 3 is 2.48 bits per heavy atom. The van der Waals surface area contributed by atoms with Gasteiger partial charge < -0.3 is 14.6 Å². The van der Waals surface area contributed by atoms with E-state index in [0.717, 1.165) is 25.1 Å². The summed E-state index contributed by atoms with van der Waals surface area (Å²) >= 11 is 0. The topological polar surface area (TPSA) is 58.4 Å². The molecule has 122 valence electrons. The van der Waals surface area contributed by atoms with Crippen LogP contribution in [0.4, 0.5) is 0 Å². The number of aliphatic hydroxyl groups excluding tert-OH is 1. The number of hydrogen-bond acceptors (Lipinski definition) is 3. The molecule has 3 heterocycles. The fourth-order valence-corrected chi connectivity index (χ4v) is 3.14. The first-order valence-corrected chi connectivity index (χ1v) is 8.17. The minimum absolute atomic E-state index is 0.00664. The highest BCUT2D eigenvalue weighted by molar-refractivity contribution is 5.94. The first-order chi connectivity index (χ1) is 11.2. The van der Waals surface area contributed by atoms with Gasteiger partial charge in [-0.15, -0.1) is 0 Å². The van der Waals surface area contributed by atoms with E-state index in [1.165, 1.54) is 0 Å².